The summed E-state index contributed by atoms with van der Waals surface area (Å²) in [7, 11) is 3.69. The highest BCUT2D eigenvalue weighted by Gasteiger charge is 2.33. The van der Waals surface area contributed by atoms with Gasteiger partial charge in [0.2, 0.25) is 0 Å². The smallest absolute Gasteiger partial charge is 0.415 e. The zero-order chi connectivity index (χ0) is 26.4. The van der Waals surface area contributed by atoms with Gasteiger partial charge in [-0.1, -0.05) is 29.8 Å². The minimum Gasteiger partial charge on any atom is -0.462 e. The lowest BCUT2D eigenvalue weighted by Gasteiger charge is -2.22. The second-order valence-corrected chi connectivity index (χ2v) is 9.48. The van der Waals surface area contributed by atoms with Gasteiger partial charge < -0.3 is 14.4 Å². The van der Waals surface area contributed by atoms with Crippen LogP contribution >= 0.6 is 22.9 Å². The van der Waals surface area contributed by atoms with Gasteiger partial charge in [-0.25, -0.2) is 18.4 Å². The number of halogens is 3. The van der Waals surface area contributed by atoms with E-state index < -0.39 is 30.2 Å². The number of esters is 1. The molecule has 3 rings (SSSR count). The van der Waals surface area contributed by atoms with Crippen molar-refractivity contribution in [2.75, 3.05) is 32.2 Å². The van der Waals surface area contributed by atoms with Crippen molar-refractivity contribution in [2.24, 2.45) is 0 Å². The maximum Gasteiger partial charge on any atom is 0.415 e. The minimum absolute atomic E-state index is 0.0315. The molecule has 0 aliphatic rings. The average molecular weight is 537 g/mol. The van der Waals surface area contributed by atoms with Crippen LogP contribution in [-0.2, 0) is 22.6 Å². The molecule has 0 radical (unpaired) electrons. The first-order valence-corrected chi connectivity index (χ1v) is 12.5. The average Bonchev–Trinajstić information content (AvgIpc) is 3.17. The summed E-state index contributed by atoms with van der Waals surface area (Å²) in [6.07, 6.45) is -0.842. The van der Waals surface area contributed by atoms with Crippen LogP contribution in [0.25, 0.3) is 10.4 Å². The Morgan fingerprint density at radius 1 is 0.917 bits per heavy atom. The van der Waals surface area contributed by atoms with Crippen molar-refractivity contribution in [3.63, 3.8) is 0 Å². The summed E-state index contributed by atoms with van der Waals surface area (Å²) >= 11 is 7.22. The Balaban J connectivity index is 2.30. The maximum absolute atomic E-state index is 14.6. The summed E-state index contributed by atoms with van der Waals surface area (Å²) in [5.41, 5.74) is 1.20. The van der Waals surface area contributed by atoms with Crippen molar-refractivity contribution in [3.05, 3.63) is 75.8 Å². The van der Waals surface area contributed by atoms with E-state index in [2.05, 4.69) is 0 Å². The molecular formula is C26H27ClF2N2O4S. The Bertz CT molecular complexity index is 1210. The van der Waals surface area contributed by atoms with E-state index in [1.165, 1.54) is 6.07 Å². The molecular weight excluding hydrogens is 510 g/mol. The summed E-state index contributed by atoms with van der Waals surface area (Å²) < 4.78 is 39.8. The Hall–Kier alpha value is -3.01. The third-order valence-electron chi connectivity index (χ3n) is 5.16. The molecule has 0 aliphatic carbocycles. The zero-order valence-electron chi connectivity index (χ0n) is 20.4. The molecule has 10 heteroatoms. The minimum atomic E-state index is -0.842. The zero-order valence-corrected chi connectivity index (χ0v) is 22.0. The third kappa shape index (κ3) is 6.21. The number of anilines is 1. The van der Waals surface area contributed by atoms with Gasteiger partial charge in [-0.3, -0.25) is 4.90 Å². The van der Waals surface area contributed by atoms with Crippen LogP contribution in [0, 0.1) is 11.6 Å². The van der Waals surface area contributed by atoms with Crippen molar-refractivity contribution in [1.29, 1.82) is 0 Å². The van der Waals surface area contributed by atoms with Gasteiger partial charge in [0.1, 0.15) is 16.6 Å². The van der Waals surface area contributed by atoms with Crippen LogP contribution < -0.4 is 4.90 Å². The second-order valence-electron chi connectivity index (χ2n) is 8.04. The lowest BCUT2D eigenvalue weighted by atomic mass is 10.0. The number of benzene rings is 2. The number of hydrogen-bond donors (Lipinski definition) is 0. The van der Waals surface area contributed by atoms with Crippen molar-refractivity contribution in [1.82, 2.24) is 4.90 Å². The first-order chi connectivity index (χ1) is 17.2. The van der Waals surface area contributed by atoms with Gasteiger partial charge in [0.15, 0.2) is 0 Å². The van der Waals surface area contributed by atoms with Crippen LogP contribution in [0.2, 0.25) is 5.02 Å². The van der Waals surface area contributed by atoms with Crippen LogP contribution in [0.15, 0.2) is 42.5 Å². The first kappa shape index (κ1) is 27.6. The molecule has 0 atom stereocenters. The number of nitrogens with zero attached hydrogens (tertiary/aromatic N) is 2. The normalized spacial score (nSPS) is 11.0. The molecule has 36 heavy (non-hydrogen) atoms. The van der Waals surface area contributed by atoms with Gasteiger partial charge in [0.25, 0.3) is 0 Å². The molecule has 6 nitrogen and oxygen atoms in total. The Labute approximate surface area is 218 Å². The topological polar surface area (TPSA) is 59.1 Å². The van der Waals surface area contributed by atoms with E-state index in [-0.39, 0.29) is 29.3 Å². The van der Waals surface area contributed by atoms with E-state index in [4.69, 9.17) is 21.1 Å². The van der Waals surface area contributed by atoms with Gasteiger partial charge in [-0.05, 0) is 57.8 Å². The predicted molar refractivity (Wildman–Crippen MR) is 138 cm³/mol. The lowest BCUT2D eigenvalue weighted by Crippen LogP contribution is -2.32. The molecule has 0 unspecified atom stereocenters. The van der Waals surface area contributed by atoms with Crippen LogP contribution in [0.4, 0.5) is 18.6 Å². The summed E-state index contributed by atoms with van der Waals surface area (Å²) in [4.78, 5) is 30.0. The van der Waals surface area contributed by atoms with Gasteiger partial charge in [-0.15, -0.1) is 11.3 Å². The molecule has 0 fully saturated rings. The molecule has 0 saturated carbocycles. The summed E-state index contributed by atoms with van der Waals surface area (Å²) in [6, 6.07) is 10.5. The van der Waals surface area contributed by atoms with Crippen LogP contribution in [0.5, 0.6) is 0 Å². The van der Waals surface area contributed by atoms with E-state index in [0.717, 1.165) is 33.9 Å². The van der Waals surface area contributed by atoms with Crippen molar-refractivity contribution in [2.45, 2.75) is 26.9 Å². The van der Waals surface area contributed by atoms with Crippen molar-refractivity contribution >= 4 is 40.0 Å². The van der Waals surface area contributed by atoms with Crippen LogP contribution in [-0.4, -0.2) is 44.3 Å². The van der Waals surface area contributed by atoms with E-state index >= 15 is 0 Å². The summed E-state index contributed by atoms with van der Waals surface area (Å²) in [5.74, 6) is -2.28. The highest BCUT2D eigenvalue weighted by Crippen LogP contribution is 2.44. The molecule has 0 saturated heterocycles. The van der Waals surface area contributed by atoms with Gasteiger partial charge >= 0.3 is 12.1 Å². The van der Waals surface area contributed by atoms with Crippen molar-refractivity contribution < 1.29 is 27.8 Å². The number of hydrogen-bond acceptors (Lipinski definition) is 6. The summed E-state index contributed by atoms with van der Waals surface area (Å²) in [5, 5.41) is 0.717. The van der Waals surface area contributed by atoms with Gasteiger partial charge in [0, 0.05) is 27.6 Å². The van der Waals surface area contributed by atoms with Crippen LogP contribution in [0.3, 0.4) is 0 Å². The van der Waals surface area contributed by atoms with Crippen molar-refractivity contribution in [3.8, 4) is 10.4 Å². The van der Waals surface area contributed by atoms with Crippen LogP contribution in [0.1, 0.15) is 35.3 Å². The van der Waals surface area contributed by atoms with E-state index in [1.807, 2.05) is 19.0 Å². The largest absolute Gasteiger partial charge is 0.462 e. The number of thiophene rings is 1. The monoisotopic (exact) mass is 536 g/mol. The molecule has 1 heterocycles. The standard InChI is InChI=1S/C26H27ClF2N2O4S/c1-5-34-25(32)22-19(14-30(3)4)23(16-10-12-17(27)13-11-16)36-24(22)31(26(33)35-6-2)15-18-20(28)8-7-9-21(18)29/h7-13H,5-6,14-15H2,1-4H3. The fraction of sp³-hybridized carbons (Fsp3) is 0.308. The van der Waals surface area contributed by atoms with Gasteiger partial charge in [-0.2, -0.15) is 0 Å². The molecule has 3 aromatic rings. The molecule has 1 aromatic heterocycles. The second kappa shape index (κ2) is 12.3. The quantitative estimate of drug-likeness (QED) is 0.283. The van der Waals surface area contributed by atoms with E-state index in [9.17, 15) is 18.4 Å². The first-order valence-electron chi connectivity index (χ1n) is 11.3. The fourth-order valence-electron chi connectivity index (χ4n) is 3.62. The number of ether oxygens (including phenoxy) is 2. The van der Waals surface area contributed by atoms with E-state index in [0.29, 0.717) is 22.0 Å². The fourth-order valence-corrected chi connectivity index (χ4v) is 5.04. The Morgan fingerprint density at radius 3 is 2.08 bits per heavy atom. The Kier molecular flexibility index (Phi) is 9.42. The lowest BCUT2D eigenvalue weighted by molar-refractivity contribution is 0.0526. The van der Waals surface area contributed by atoms with E-state index in [1.54, 1.807) is 38.1 Å². The molecule has 0 N–H and O–H groups in total. The predicted octanol–water partition coefficient (Wildman–Crippen LogP) is 6.75. The third-order valence-corrected chi connectivity index (χ3v) is 6.72. The number of amides is 1. The highest BCUT2D eigenvalue weighted by molar-refractivity contribution is 7.20. The summed E-state index contributed by atoms with van der Waals surface area (Å²) in [6.45, 7) is 3.29. The Morgan fingerprint density at radius 2 is 1.53 bits per heavy atom. The highest BCUT2D eigenvalue weighted by atomic mass is 35.5. The number of carbonyl (C=O) groups excluding carboxylic acids is 2. The van der Waals surface area contributed by atoms with Gasteiger partial charge in [0.05, 0.1) is 25.3 Å². The molecule has 1 amide bonds. The maximum atomic E-state index is 14.6. The molecule has 0 spiro atoms. The number of carbonyl (C=O) groups is 2. The molecule has 192 valence electrons. The molecule has 0 aliphatic heterocycles. The SMILES string of the molecule is CCOC(=O)c1c(N(Cc2c(F)cccc2F)C(=O)OCC)sc(-c2ccc(Cl)cc2)c1CN(C)C. The molecule has 0 bridgehead atoms. The molecule has 2 aromatic carbocycles. The number of rotatable bonds is 9.